The Labute approximate surface area is 115 Å². The molecule has 0 radical (unpaired) electrons. The van der Waals surface area contributed by atoms with E-state index in [4.69, 9.17) is 5.84 Å². The molecule has 2 heteroatoms. The van der Waals surface area contributed by atoms with Crippen LogP contribution in [0, 0.1) is 27.7 Å². The normalized spacial score (nSPS) is 11.1. The molecule has 2 aromatic carbocycles. The molecule has 2 aromatic rings. The number of hydrogen-bond donors (Lipinski definition) is 2. The molecule has 3 N–H and O–H groups in total. The van der Waals surface area contributed by atoms with Crippen LogP contribution in [0.1, 0.15) is 39.4 Å². The molecular formula is C17H22N2. The van der Waals surface area contributed by atoms with Crippen LogP contribution in [0.4, 0.5) is 0 Å². The maximum atomic E-state index is 5.82. The number of nitrogens with two attached hydrogens (primary N) is 1. The number of rotatable bonds is 3. The first-order valence-electron chi connectivity index (χ1n) is 6.63. The lowest BCUT2D eigenvalue weighted by Gasteiger charge is -2.22. The zero-order valence-corrected chi connectivity index (χ0v) is 12.1. The molecule has 0 aliphatic heterocycles. The van der Waals surface area contributed by atoms with E-state index in [-0.39, 0.29) is 6.04 Å². The van der Waals surface area contributed by atoms with Crippen molar-refractivity contribution in [1.29, 1.82) is 0 Å². The molecule has 0 aliphatic carbocycles. The standard InChI is InChI=1S/C17H22N2/c1-11-5-7-13(3)15(9-11)17(19-18)16-10-12(2)6-8-14(16)4/h5-10,17,19H,18H2,1-4H3. The van der Waals surface area contributed by atoms with E-state index in [1.54, 1.807) is 0 Å². The van der Waals surface area contributed by atoms with Gasteiger partial charge in [0.1, 0.15) is 0 Å². The summed E-state index contributed by atoms with van der Waals surface area (Å²) in [4.78, 5) is 0. The Kier molecular flexibility index (Phi) is 4.03. The molecule has 0 heterocycles. The zero-order chi connectivity index (χ0) is 14.0. The van der Waals surface area contributed by atoms with E-state index in [1.807, 2.05) is 0 Å². The summed E-state index contributed by atoms with van der Waals surface area (Å²) in [5.41, 5.74) is 10.5. The molecule has 19 heavy (non-hydrogen) atoms. The largest absolute Gasteiger partial charge is 0.271 e. The Hall–Kier alpha value is -1.64. The van der Waals surface area contributed by atoms with Gasteiger partial charge in [0.05, 0.1) is 6.04 Å². The highest BCUT2D eigenvalue weighted by Crippen LogP contribution is 2.28. The van der Waals surface area contributed by atoms with Gasteiger partial charge in [0.15, 0.2) is 0 Å². The first kappa shape index (κ1) is 13.8. The van der Waals surface area contributed by atoms with Gasteiger partial charge in [0.25, 0.3) is 0 Å². The second-order valence-corrected chi connectivity index (χ2v) is 5.32. The van der Waals surface area contributed by atoms with Gasteiger partial charge in [-0.1, -0.05) is 47.5 Å². The van der Waals surface area contributed by atoms with Crippen molar-refractivity contribution in [2.24, 2.45) is 5.84 Å². The van der Waals surface area contributed by atoms with Gasteiger partial charge in [-0.05, 0) is 49.9 Å². The topological polar surface area (TPSA) is 38.0 Å². The minimum absolute atomic E-state index is 0.0415. The summed E-state index contributed by atoms with van der Waals surface area (Å²) in [5, 5.41) is 0. The second kappa shape index (κ2) is 5.55. The average Bonchev–Trinajstić information content (AvgIpc) is 2.38. The first-order chi connectivity index (χ1) is 9.02. The van der Waals surface area contributed by atoms with Gasteiger partial charge in [-0.15, -0.1) is 0 Å². The molecule has 0 fully saturated rings. The monoisotopic (exact) mass is 254 g/mol. The summed E-state index contributed by atoms with van der Waals surface area (Å²) in [7, 11) is 0. The van der Waals surface area contributed by atoms with Crippen molar-refractivity contribution in [3.8, 4) is 0 Å². The fourth-order valence-electron chi connectivity index (χ4n) is 2.49. The number of hydrazine groups is 1. The molecule has 0 aromatic heterocycles. The summed E-state index contributed by atoms with van der Waals surface area (Å²) in [6, 6.07) is 13.0. The van der Waals surface area contributed by atoms with Gasteiger partial charge >= 0.3 is 0 Å². The summed E-state index contributed by atoms with van der Waals surface area (Å²) in [5.74, 6) is 5.82. The molecule has 0 saturated heterocycles. The van der Waals surface area contributed by atoms with Gasteiger partial charge in [-0.2, -0.15) is 0 Å². The van der Waals surface area contributed by atoms with Crippen molar-refractivity contribution in [1.82, 2.24) is 5.43 Å². The fraction of sp³-hybridized carbons (Fsp3) is 0.294. The van der Waals surface area contributed by atoms with Crippen molar-refractivity contribution in [2.75, 3.05) is 0 Å². The van der Waals surface area contributed by atoms with Gasteiger partial charge in [0.2, 0.25) is 0 Å². The molecule has 0 aliphatic rings. The number of benzene rings is 2. The van der Waals surface area contributed by atoms with Crippen LogP contribution in [0.2, 0.25) is 0 Å². The third-order valence-electron chi connectivity index (χ3n) is 3.66. The number of aryl methyl sites for hydroxylation is 4. The Morgan fingerprint density at radius 2 is 1.21 bits per heavy atom. The minimum atomic E-state index is 0.0415. The molecule has 0 unspecified atom stereocenters. The highest BCUT2D eigenvalue weighted by Gasteiger charge is 2.16. The van der Waals surface area contributed by atoms with E-state index in [9.17, 15) is 0 Å². The average molecular weight is 254 g/mol. The van der Waals surface area contributed by atoms with Crippen molar-refractivity contribution in [2.45, 2.75) is 33.7 Å². The predicted octanol–water partition coefficient (Wildman–Crippen LogP) is 3.47. The van der Waals surface area contributed by atoms with Crippen molar-refractivity contribution in [3.63, 3.8) is 0 Å². The highest BCUT2D eigenvalue weighted by atomic mass is 15.2. The Morgan fingerprint density at radius 1 is 0.789 bits per heavy atom. The molecule has 0 atom stereocenters. The Bertz CT molecular complexity index is 536. The van der Waals surface area contributed by atoms with Crippen LogP contribution in [0.3, 0.4) is 0 Å². The van der Waals surface area contributed by atoms with Gasteiger partial charge in [-0.3, -0.25) is 5.84 Å². The molecule has 0 spiro atoms. The number of hydrogen-bond acceptors (Lipinski definition) is 2. The third-order valence-corrected chi connectivity index (χ3v) is 3.66. The quantitative estimate of drug-likeness (QED) is 0.650. The van der Waals surface area contributed by atoms with E-state index in [0.29, 0.717) is 0 Å². The van der Waals surface area contributed by atoms with Crippen LogP contribution in [-0.4, -0.2) is 0 Å². The van der Waals surface area contributed by atoms with E-state index in [0.717, 1.165) is 0 Å². The summed E-state index contributed by atoms with van der Waals surface area (Å²) in [6.07, 6.45) is 0. The third kappa shape index (κ3) is 2.86. The minimum Gasteiger partial charge on any atom is -0.271 e. The summed E-state index contributed by atoms with van der Waals surface area (Å²) in [6.45, 7) is 8.48. The van der Waals surface area contributed by atoms with Gasteiger partial charge in [-0.25, -0.2) is 5.43 Å². The smallest absolute Gasteiger partial charge is 0.0715 e. The van der Waals surface area contributed by atoms with Crippen LogP contribution in [0.5, 0.6) is 0 Å². The van der Waals surface area contributed by atoms with Crippen LogP contribution in [-0.2, 0) is 0 Å². The molecule has 100 valence electrons. The maximum absolute atomic E-state index is 5.82. The van der Waals surface area contributed by atoms with Crippen molar-refractivity contribution < 1.29 is 0 Å². The van der Waals surface area contributed by atoms with Crippen LogP contribution < -0.4 is 11.3 Å². The molecule has 0 amide bonds. The second-order valence-electron chi connectivity index (χ2n) is 5.32. The van der Waals surface area contributed by atoms with E-state index in [2.05, 4.69) is 69.5 Å². The van der Waals surface area contributed by atoms with E-state index < -0.39 is 0 Å². The zero-order valence-electron chi connectivity index (χ0n) is 12.1. The molecule has 2 rings (SSSR count). The first-order valence-corrected chi connectivity index (χ1v) is 6.63. The van der Waals surface area contributed by atoms with Crippen LogP contribution in [0.25, 0.3) is 0 Å². The van der Waals surface area contributed by atoms with E-state index in [1.165, 1.54) is 33.4 Å². The predicted molar refractivity (Wildman–Crippen MR) is 81.0 cm³/mol. The van der Waals surface area contributed by atoms with Crippen molar-refractivity contribution >= 4 is 0 Å². The lowest BCUT2D eigenvalue weighted by Crippen LogP contribution is -2.30. The van der Waals surface area contributed by atoms with Crippen LogP contribution >= 0.6 is 0 Å². The fourth-order valence-corrected chi connectivity index (χ4v) is 2.49. The van der Waals surface area contributed by atoms with Crippen LogP contribution in [0.15, 0.2) is 36.4 Å². The molecule has 0 bridgehead atoms. The number of nitrogens with one attached hydrogen (secondary N) is 1. The van der Waals surface area contributed by atoms with Gasteiger partial charge < -0.3 is 0 Å². The van der Waals surface area contributed by atoms with Crippen molar-refractivity contribution in [3.05, 3.63) is 69.8 Å². The summed E-state index contributed by atoms with van der Waals surface area (Å²) >= 11 is 0. The Morgan fingerprint density at radius 3 is 1.58 bits per heavy atom. The lowest BCUT2D eigenvalue weighted by atomic mass is 9.90. The molecular weight excluding hydrogens is 232 g/mol. The SMILES string of the molecule is Cc1ccc(C)c(C(NN)c2cc(C)ccc2C)c1. The molecule has 0 saturated carbocycles. The molecule has 2 nitrogen and oxygen atoms in total. The Balaban J connectivity index is 2.55. The maximum Gasteiger partial charge on any atom is 0.0715 e. The lowest BCUT2D eigenvalue weighted by molar-refractivity contribution is 0.629. The van der Waals surface area contributed by atoms with Gasteiger partial charge in [0, 0.05) is 0 Å². The van der Waals surface area contributed by atoms with E-state index >= 15 is 0 Å². The summed E-state index contributed by atoms with van der Waals surface area (Å²) < 4.78 is 0. The highest BCUT2D eigenvalue weighted by molar-refractivity contribution is 5.43.